The molecule has 9 heteroatoms. The SMILES string of the molecule is Cc1cncc(-c2cc3c(cn2)cnn3-c2cnc(C3CC3)c(N3CCC[C@H](N)C3)n2)n1. The molecule has 2 fully saturated rings. The molecule has 4 aromatic rings. The summed E-state index contributed by atoms with van der Waals surface area (Å²) in [5, 5.41) is 5.54. The maximum absolute atomic E-state index is 6.27. The smallest absolute Gasteiger partial charge is 0.174 e. The zero-order valence-electron chi connectivity index (χ0n) is 18.0. The lowest BCUT2D eigenvalue weighted by Crippen LogP contribution is -2.43. The van der Waals surface area contributed by atoms with Crippen molar-refractivity contribution in [2.45, 2.75) is 44.6 Å². The van der Waals surface area contributed by atoms with Crippen LogP contribution in [-0.2, 0) is 0 Å². The minimum absolute atomic E-state index is 0.177. The molecule has 0 spiro atoms. The number of nitrogens with two attached hydrogens (primary N) is 1. The third-order valence-electron chi connectivity index (χ3n) is 6.18. The number of hydrogen-bond acceptors (Lipinski definition) is 8. The van der Waals surface area contributed by atoms with E-state index in [-0.39, 0.29) is 6.04 Å². The van der Waals surface area contributed by atoms with E-state index < -0.39 is 0 Å². The van der Waals surface area contributed by atoms with Gasteiger partial charge in [-0.3, -0.25) is 15.0 Å². The first-order chi connectivity index (χ1) is 15.7. The number of aromatic nitrogens is 7. The normalized spacial score (nSPS) is 18.9. The summed E-state index contributed by atoms with van der Waals surface area (Å²) < 4.78 is 1.83. The minimum Gasteiger partial charge on any atom is -0.353 e. The average molecular weight is 428 g/mol. The Bertz CT molecular complexity index is 1290. The second-order valence-corrected chi connectivity index (χ2v) is 8.79. The molecule has 1 saturated heterocycles. The maximum atomic E-state index is 6.27. The van der Waals surface area contributed by atoms with E-state index in [1.54, 1.807) is 18.6 Å². The van der Waals surface area contributed by atoms with Crippen LogP contribution in [0.2, 0.25) is 0 Å². The Balaban J connectivity index is 1.44. The number of nitrogens with zero attached hydrogens (tertiary/aromatic N) is 8. The van der Waals surface area contributed by atoms with Crippen molar-refractivity contribution in [1.29, 1.82) is 0 Å². The Morgan fingerprint density at radius 1 is 0.969 bits per heavy atom. The van der Waals surface area contributed by atoms with Gasteiger partial charge < -0.3 is 10.6 Å². The monoisotopic (exact) mass is 427 g/mol. The summed E-state index contributed by atoms with van der Waals surface area (Å²) in [6, 6.07) is 2.16. The van der Waals surface area contributed by atoms with Gasteiger partial charge in [-0.05, 0) is 38.7 Å². The first-order valence-corrected chi connectivity index (χ1v) is 11.2. The molecule has 2 aliphatic rings. The van der Waals surface area contributed by atoms with Crippen LogP contribution in [0.1, 0.15) is 43.0 Å². The first kappa shape index (κ1) is 19.2. The van der Waals surface area contributed by atoms with Gasteiger partial charge in [-0.2, -0.15) is 5.10 Å². The fourth-order valence-electron chi connectivity index (χ4n) is 4.39. The highest BCUT2D eigenvalue weighted by Crippen LogP contribution is 2.43. The van der Waals surface area contributed by atoms with Crippen LogP contribution < -0.4 is 10.6 Å². The molecule has 0 aromatic carbocycles. The Morgan fingerprint density at radius 2 is 1.88 bits per heavy atom. The molecule has 32 heavy (non-hydrogen) atoms. The van der Waals surface area contributed by atoms with Crippen molar-refractivity contribution in [1.82, 2.24) is 34.7 Å². The largest absolute Gasteiger partial charge is 0.353 e. The predicted molar refractivity (Wildman–Crippen MR) is 122 cm³/mol. The molecule has 1 atom stereocenters. The standard InChI is InChI=1S/C23H25N9/c1-14-8-25-11-19(29-14)18-7-20-16(9-26-18)10-28-32(20)21-12-27-22(15-4-5-15)23(30-21)31-6-2-3-17(24)13-31/h7-12,15,17H,2-6,13,24H2,1H3/t17-/m0/s1. The Hall–Kier alpha value is -3.46. The van der Waals surface area contributed by atoms with Gasteiger partial charge in [-0.1, -0.05) is 0 Å². The van der Waals surface area contributed by atoms with Crippen molar-refractivity contribution < 1.29 is 0 Å². The van der Waals surface area contributed by atoms with Crippen LogP contribution in [0.3, 0.4) is 0 Å². The highest BCUT2D eigenvalue weighted by Gasteiger charge is 2.32. The molecule has 1 aliphatic carbocycles. The molecule has 5 heterocycles. The summed E-state index contributed by atoms with van der Waals surface area (Å²) in [5.74, 6) is 2.17. The van der Waals surface area contributed by atoms with E-state index in [0.717, 1.165) is 65.4 Å². The van der Waals surface area contributed by atoms with Gasteiger partial charge in [0, 0.05) is 42.8 Å². The van der Waals surface area contributed by atoms with Crippen molar-refractivity contribution in [3.63, 3.8) is 0 Å². The van der Waals surface area contributed by atoms with E-state index in [2.05, 4.69) is 25.0 Å². The van der Waals surface area contributed by atoms with Gasteiger partial charge >= 0.3 is 0 Å². The third kappa shape index (κ3) is 3.48. The zero-order chi connectivity index (χ0) is 21.7. The quantitative estimate of drug-likeness (QED) is 0.529. The second kappa shape index (κ2) is 7.59. The van der Waals surface area contributed by atoms with E-state index in [1.165, 1.54) is 12.8 Å². The van der Waals surface area contributed by atoms with Gasteiger partial charge in [-0.25, -0.2) is 14.6 Å². The van der Waals surface area contributed by atoms with Gasteiger partial charge in [0.05, 0.1) is 41.2 Å². The molecule has 1 saturated carbocycles. The van der Waals surface area contributed by atoms with E-state index >= 15 is 0 Å². The van der Waals surface area contributed by atoms with Gasteiger partial charge in [0.2, 0.25) is 0 Å². The lowest BCUT2D eigenvalue weighted by atomic mass is 10.1. The molecule has 9 nitrogen and oxygen atoms in total. The summed E-state index contributed by atoms with van der Waals surface area (Å²) in [4.78, 5) is 25.6. The molecule has 0 unspecified atom stereocenters. The van der Waals surface area contributed by atoms with Crippen molar-refractivity contribution in [2.75, 3.05) is 18.0 Å². The Kier molecular flexibility index (Phi) is 4.57. The number of pyridine rings is 1. The Morgan fingerprint density at radius 3 is 2.69 bits per heavy atom. The maximum Gasteiger partial charge on any atom is 0.174 e. The molecule has 6 rings (SSSR count). The lowest BCUT2D eigenvalue weighted by Gasteiger charge is -2.32. The minimum atomic E-state index is 0.177. The summed E-state index contributed by atoms with van der Waals surface area (Å²) in [5.41, 5.74) is 10.6. The summed E-state index contributed by atoms with van der Waals surface area (Å²) in [6.45, 7) is 3.70. The fraction of sp³-hybridized carbons (Fsp3) is 0.391. The third-order valence-corrected chi connectivity index (χ3v) is 6.18. The Labute approximate surface area is 185 Å². The number of fused-ring (bicyclic) bond motifs is 1. The van der Waals surface area contributed by atoms with Gasteiger partial charge in [-0.15, -0.1) is 0 Å². The van der Waals surface area contributed by atoms with E-state index in [1.807, 2.05) is 30.1 Å². The highest BCUT2D eigenvalue weighted by atomic mass is 15.3. The highest BCUT2D eigenvalue weighted by molar-refractivity contribution is 5.82. The number of hydrogen-bond donors (Lipinski definition) is 1. The molecule has 0 radical (unpaired) electrons. The second-order valence-electron chi connectivity index (χ2n) is 8.79. The van der Waals surface area contributed by atoms with Gasteiger partial charge in [0.15, 0.2) is 11.6 Å². The average Bonchev–Trinajstić information content (AvgIpc) is 3.57. The van der Waals surface area contributed by atoms with Crippen molar-refractivity contribution in [3.8, 4) is 17.2 Å². The van der Waals surface area contributed by atoms with Crippen molar-refractivity contribution >= 4 is 16.7 Å². The topological polar surface area (TPSA) is 112 Å². The van der Waals surface area contributed by atoms with Gasteiger partial charge in [0.1, 0.15) is 5.69 Å². The fourth-order valence-corrected chi connectivity index (χ4v) is 4.39. The number of anilines is 1. The zero-order valence-corrected chi connectivity index (χ0v) is 18.0. The molecule has 162 valence electrons. The van der Waals surface area contributed by atoms with Crippen LogP contribution >= 0.6 is 0 Å². The number of aryl methyl sites for hydroxylation is 1. The van der Waals surface area contributed by atoms with E-state index in [4.69, 9.17) is 15.7 Å². The molecule has 0 bridgehead atoms. The van der Waals surface area contributed by atoms with Gasteiger partial charge in [0.25, 0.3) is 0 Å². The van der Waals surface area contributed by atoms with Crippen LogP contribution in [0.4, 0.5) is 5.82 Å². The summed E-state index contributed by atoms with van der Waals surface area (Å²) in [6.07, 6.45) is 13.4. The van der Waals surface area contributed by atoms with Crippen LogP contribution in [-0.4, -0.2) is 53.8 Å². The molecule has 1 aliphatic heterocycles. The van der Waals surface area contributed by atoms with Crippen molar-refractivity contribution in [3.05, 3.63) is 48.4 Å². The molecular weight excluding hydrogens is 402 g/mol. The van der Waals surface area contributed by atoms with E-state index in [0.29, 0.717) is 11.7 Å². The molecule has 4 aromatic heterocycles. The summed E-state index contributed by atoms with van der Waals surface area (Å²) >= 11 is 0. The van der Waals surface area contributed by atoms with E-state index in [9.17, 15) is 0 Å². The number of piperidine rings is 1. The first-order valence-electron chi connectivity index (χ1n) is 11.2. The summed E-state index contributed by atoms with van der Waals surface area (Å²) in [7, 11) is 0. The van der Waals surface area contributed by atoms with Crippen LogP contribution in [0.25, 0.3) is 28.1 Å². The van der Waals surface area contributed by atoms with Crippen LogP contribution in [0.15, 0.2) is 37.1 Å². The molecular formula is C23H25N9. The predicted octanol–water partition coefficient (Wildman–Crippen LogP) is 2.78. The lowest BCUT2D eigenvalue weighted by molar-refractivity contribution is 0.501. The van der Waals surface area contributed by atoms with Crippen LogP contribution in [0.5, 0.6) is 0 Å². The molecule has 0 amide bonds. The van der Waals surface area contributed by atoms with Crippen LogP contribution in [0, 0.1) is 6.92 Å². The van der Waals surface area contributed by atoms with Crippen molar-refractivity contribution in [2.24, 2.45) is 5.73 Å². The molecule has 2 N–H and O–H groups in total. The number of rotatable bonds is 4.